The predicted octanol–water partition coefficient (Wildman–Crippen LogP) is 2.75. The van der Waals surface area contributed by atoms with Gasteiger partial charge < -0.3 is 5.11 Å². The van der Waals surface area contributed by atoms with Crippen LogP contribution in [0.3, 0.4) is 0 Å². The second-order valence-corrected chi connectivity index (χ2v) is 6.06. The van der Waals surface area contributed by atoms with Crippen LogP contribution in [0.15, 0.2) is 0 Å². The van der Waals surface area contributed by atoms with E-state index in [1.54, 1.807) is 0 Å². The molecule has 1 N–H and O–H groups in total. The van der Waals surface area contributed by atoms with Crippen molar-refractivity contribution in [3.05, 3.63) is 0 Å². The lowest BCUT2D eigenvalue weighted by Gasteiger charge is -2.50. The fourth-order valence-corrected chi connectivity index (χ4v) is 3.77. The molecule has 1 saturated carbocycles. The molecule has 2 rings (SSSR count). The fourth-order valence-electron chi connectivity index (χ4n) is 3.77. The summed E-state index contributed by atoms with van der Waals surface area (Å²) in [6.07, 6.45) is 6.67. The molecule has 3 unspecified atom stereocenters. The Kier molecular flexibility index (Phi) is 3.76. The first-order chi connectivity index (χ1) is 8.07. The zero-order valence-electron chi connectivity index (χ0n) is 11.1. The quantitative estimate of drug-likeness (QED) is 0.805. The molecule has 0 amide bonds. The average Bonchev–Trinajstić information content (AvgIpc) is 2.33. The van der Waals surface area contributed by atoms with Crippen LogP contribution in [0, 0.1) is 11.8 Å². The summed E-state index contributed by atoms with van der Waals surface area (Å²) in [5.41, 5.74) is -0.571. The van der Waals surface area contributed by atoms with Gasteiger partial charge in [0.15, 0.2) is 0 Å². The van der Waals surface area contributed by atoms with Gasteiger partial charge in [0.2, 0.25) is 0 Å². The predicted molar refractivity (Wildman–Crippen MR) is 68.0 cm³/mol. The van der Waals surface area contributed by atoms with Crippen molar-refractivity contribution >= 4 is 5.97 Å². The van der Waals surface area contributed by atoms with Crippen LogP contribution in [-0.4, -0.2) is 34.6 Å². The number of carboxylic acids is 1. The van der Waals surface area contributed by atoms with E-state index in [1.807, 2.05) is 0 Å². The number of piperidine rings is 1. The van der Waals surface area contributed by atoms with Crippen LogP contribution in [0.5, 0.6) is 0 Å². The van der Waals surface area contributed by atoms with Gasteiger partial charge in [0, 0.05) is 0 Å². The molecule has 0 bridgehead atoms. The molecule has 3 nitrogen and oxygen atoms in total. The Morgan fingerprint density at radius 3 is 2.41 bits per heavy atom. The van der Waals surface area contributed by atoms with Crippen LogP contribution in [0.4, 0.5) is 0 Å². The van der Waals surface area contributed by atoms with E-state index in [0.29, 0.717) is 5.92 Å². The van der Waals surface area contributed by atoms with Crippen molar-refractivity contribution in [2.45, 2.75) is 57.9 Å². The lowest BCUT2D eigenvalue weighted by atomic mass is 9.68. The SMILES string of the molecule is CC1CCC(C)C(C(=O)O)(N2CCCCC2)C1. The lowest BCUT2D eigenvalue weighted by molar-refractivity contribution is -0.161. The van der Waals surface area contributed by atoms with E-state index < -0.39 is 11.5 Å². The highest BCUT2D eigenvalue weighted by Crippen LogP contribution is 2.42. The fraction of sp³-hybridized carbons (Fsp3) is 0.929. The van der Waals surface area contributed by atoms with Gasteiger partial charge in [-0.2, -0.15) is 0 Å². The number of likely N-dealkylation sites (tertiary alicyclic amines) is 1. The molecule has 17 heavy (non-hydrogen) atoms. The summed E-state index contributed by atoms with van der Waals surface area (Å²) in [7, 11) is 0. The van der Waals surface area contributed by atoms with Crippen molar-refractivity contribution in [2.24, 2.45) is 11.8 Å². The number of nitrogens with zero attached hydrogens (tertiary/aromatic N) is 1. The normalized spacial score (nSPS) is 40.1. The summed E-state index contributed by atoms with van der Waals surface area (Å²) in [4.78, 5) is 14.2. The van der Waals surface area contributed by atoms with Crippen LogP contribution in [-0.2, 0) is 4.79 Å². The minimum Gasteiger partial charge on any atom is -0.480 e. The van der Waals surface area contributed by atoms with Gasteiger partial charge in [-0.05, 0) is 50.6 Å². The summed E-state index contributed by atoms with van der Waals surface area (Å²) in [6.45, 7) is 6.29. The van der Waals surface area contributed by atoms with Gasteiger partial charge in [-0.15, -0.1) is 0 Å². The summed E-state index contributed by atoms with van der Waals surface area (Å²) in [6, 6.07) is 0. The summed E-state index contributed by atoms with van der Waals surface area (Å²) in [5.74, 6) is 0.247. The monoisotopic (exact) mass is 239 g/mol. The number of rotatable bonds is 2. The maximum absolute atomic E-state index is 11.9. The van der Waals surface area contributed by atoms with Crippen molar-refractivity contribution in [2.75, 3.05) is 13.1 Å². The molecule has 98 valence electrons. The van der Waals surface area contributed by atoms with E-state index in [9.17, 15) is 9.90 Å². The first-order valence-electron chi connectivity index (χ1n) is 7.06. The lowest BCUT2D eigenvalue weighted by Crippen LogP contribution is -2.62. The average molecular weight is 239 g/mol. The molecule has 0 aromatic carbocycles. The van der Waals surface area contributed by atoms with Gasteiger partial charge in [0.1, 0.15) is 5.54 Å². The Bertz CT molecular complexity index is 286. The minimum absolute atomic E-state index is 0.286. The first-order valence-corrected chi connectivity index (χ1v) is 7.06. The molecule has 0 aromatic heterocycles. The third-order valence-electron chi connectivity index (χ3n) is 4.86. The van der Waals surface area contributed by atoms with Gasteiger partial charge in [-0.25, -0.2) is 0 Å². The van der Waals surface area contributed by atoms with Crippen molar-refractivity contribution in [3.63, 3.8) is 0 Å². The van der Waals surface area contributed by atoms with Crippen molar-refractivity contribution in [3.8, 4) is 0 Å². The van der Waals surface area contributed by atoms with Crippen LogP contribution >= 0.6 is 0 Å². The zero-order valence-corrected chi connectivity index (χ0v) is 11.1. The molecule has 3 atom stereocenters. The summed E-state index contributed by atoms with van der Waals surface area (Å²) >= 11 is 0. The van der Waals surface area contributed by atoms with E-state index in [1.165, 1.54) is 12.8 Å². The molecule has 1 heterocycles. The Morgan fingerprint density at radius 1 is 1.18 bits per heavy atom. The molecule has 2 aliphatic rings. The van der Waals surface area contributed by atoms with Crippen LogP contribution in [0.2, 0.25) is 0 Å². The van der Waals surface area contributed by atoms with Gasteiger partial charge in [-0.3, -0.25) is 9.69 Å². The van der Waals surface area contributed by atoms with Gasteiger partial charge >= 0.3 is 5.97 Å². The third-order valence-corrected chi connectivity index (χ3v) is 4.86. The molecule has 2 fully saturated rings. The van der Waals surface area contributed by atoms with Gasteiger partial charge in [0.25, 0.3) is 0 Å². The van der Waals surface area contributed by atoms with Crippen LogP contribution < -0.4 is 0 Å². The number of hydrogen-bond donors (Lipinski definition) is 1. The summed E-state index contributed by atoms with van der Waals surface area (Å²) < 4.78 is 0. The molecule has 1 saturated heterocycles. The molecule has 0 aromatic rings. The summed E-state index contributed by atoms with van der Waals surface area (Å²) in [5, 5.41) is 9.79. The molecule has 3 heteroatoms. The maximum Gasteiger partial charge on any atom is 0.324 e. The molecular weight excluding hydrogens is 214 g/mol. The van der Waals surface area contributed by atoms with Crippen molar-refractivity contribution < 1.29 is 9.90 Å². The van der Waals surface area contributed by atoms with E-state index in [0.717, 1.165) is 38.8 Å². The topological polar surface area (TPSA) is 40.5 Å². The Morgan fingerprint density at radius 2 is 1.82 bits per heavy atom. The number of hydrogen-bond acceptors (Lipinski definition) is 2. The van der Waals surface area contributed by atoms with Crippen molar-refractivity contribution in [1.29, 1.82) is 0 Å². The highest BCUT2D eigenvalue weighted by atomic mass is 16.4. The largest absolute Gasteiger partial charge is 0.480 e. The standard InChI is InChI=1S/C14H25NO2/c1-11-6-7-12(2)14(10-11,13(16)17)15-8-4-3-5-9-15/h11-12H,3-10H2,1-2H3,(H,16,17). The zero-order chi connectivity index (χ0) is 12.5. The van der Waals surface area contributed by atoms with Crippen molar-refractivity contribution in [1.82, 2.24) is 4.90 Å². The number of carbonyl (C=O) groups is 1. The Balaban J connectivity index is 2.25. The molecule has 0 spiro atoms. The van der Waals surface area contributed by atoms with E-state index >= 15 is 0 Å². The third kappa shape index (κ3) is 2.22. The second kappa shape index (κ2) is 4.97. The van der Waals surface area contributed by atoms with E-state index in [-0.39, 0.29) is 5.92 Å². The Labute approximate surface area is 104 Å². The van der Waals surface area contributed by atoms with Crippen LogP contribution in [0.1, 0.15) is 52.4 Å². The number of carboxylic acid groups (broad SMARTS) is 1. The number of aliphatic carboxylic acids is 1. The van der Waals surface area contributed by atoms with Gasteiger partial charge in [-0.1, -0.05) is 26.7 Å². The highest BCUT2D eigenvalue weighted by Gasteiger charge is 2.51. The highest BCUT2D eigenvalue weighted by molar-refractivity contribution is 5.79. The van der Waals surface area contributed by atoms with E-state index in [4.69, 9.17) is 0 Å². The molecule has 1 aliphatic carbocycles. The second-order valence-electron chi connectivity index (χ2n) is 6.06. The van der Waals surface area contributed by atoms with E-state index in [2.05, 4.69) is 18.7 Å². The first kappa shape index (κ1) is 12.9. The molecule has 0 radical (unpaired) electrons. The molecular formula is C14H25NO2. The van der Waals surface area contributed by atoms with Gasteiger partial charge in [0.05, 0.1) is 0 Å². The Hall–Kier alpha value is -0.570. The smallest absolute Gasteiger partial charge is 0.324 e. The van der Waals surface area contributed by atoms with Crippen LogP contribution in [0.25, 0.3) is 0 Å². The maximum atomic E-state index is 11.9. The minimum atomic E-state index is -0.585. The molecule has 1 aliphatic heterocycles.